The van der Waals surface area contributed by atoms with Gasteiger partial charge in [0.15, 0.2) is 11.5 Å². The van der Waals surface area contributed by atoms with Crippen molar-refractivity contribution in [1.82, 2.24) is 5.32 Å². The lowest BCUT2D eigenvalue weighted by atomic mass is 10.1. The number of benzene rings is 2. The third-order valence-electron chi connectivity index (χ3n) is 3.79. The molecule has 6 nitrogen and oxygen atoms in total. The number of carbonyl (C=O) groups is 1. The second-order valence-corrected chi connectivity index (χ2v) is 5.90. The van der Waals surface area contributed by atoms with Crippen LogP contribution in [0.25, 0.3) is 0 Å². The molecule has 0 heterocycles. The summed E-state index contributed by atoms with van der Waals surface area (Å²) in [6, 6.07) is 11.0. The molecule has 0 saturated heterocycles. The highest BCUT2D eigenvalue weighted by Crippen LogP contribution is 2.28. The monoisotopic (exact) mass is 378 g/mol. The number of nitrogens with one attached hydrogen (secondary N) is 2. The fraction of sp³-hybridized carbons (Fsp3) is 0.316. The number of hydrogen-bond donors (Lipinski definition) is 2. The van der Waals surface area contributed by atoms with Crippen molar-refractivity contribution >= 4 is 23.2 Å². The highest BCUT2D eigenvalue weighted by atomic mass is 35.5. The van der Waals surface area contributed by atoms with E-state index in [4.69, 9.17) is 25.8 Å². The second kappa shape index (κ2) is 9.77. The average Bonchev–Trinajstić information content (AvgIpc) is 2.66. The third-order valence-corrected chi connectivity index (χ3v) is 4.08. The number of amides is 1. The molecule has 0 radical (unpaired) electrons. The maximum absolute atomic E-state index is 12.0. The van der Waals surface area contributed by atoms with Gasteiger partial charge in [-0.2, -0.15) is 0 Å². The molecule has 0 bridgehead atoms. The standard InChI is InChI=1S/C19H23ClN2O4/c1-24-16-7-5-14(11-15(16)20)22-12-19(23)21-9-8-13-4-6-17(25-2)18(10-13)26-3/h4-7,10-11,22H,8-9,12H2,1-3H3,(H,21,23). The molecule has 0 aliphatic rings. The molecule has 0 fully saturated rings. The zero-order chi connectivity index (χ0) is 18.9. The van der Waals surface area contributed by atoms with Crippen molar-refractivity contribution in [3.63, 3.8) is 0 Å². The lowest BCUT2D eigenvalue weighted by Crippen LogP contribution is -2.31. The molecule has 2 N–H and O–H groups in total. The largest absolute Gasteiger partial charge is 0.495 e. The molecule has 7 heteroatoms. The maximum Gasteiger partial charge on any atom is 0.239 e. The van der Waals surface area contributed by atoms with Gasteiger partial charge in [-0.05, 0) is 42.3 Å². The second-order valence-electron chi connectivity index (χ2n) is 5.49. The van der Waals surface area contributed by atoms with E-state index < -0.39 is 0 Å². The van der Waals surface area contributed by atoms with Crippen LogP contribution >= 0.6 is 11.6 Å². The van der Waals surface area contributed by atoms with E-state index in [2.05, 4.69) is 10.6 Å². The molecule has 2 rings (SSSR count). The number of rotatable bonds is 9. The van der Waals surface area contributed by atoms with Crippen molar-refractivity contribution in [2.45, 2.75) is 6.42 Å². The Morgan fingerprint density at radius 3 is 2.31 bits per heavy atom. The number of hydrogen-bond acceptors (Lipinski definition) is 5. The van der Waals surface area contributed by atoms with E-state index in [0.29, 0.717) is 35.2 Å². The minimum absolute atomic E-state index is 0.0996. The van der Waals surface area contributed by atoms with Crippen LogP contribution in [0.5, 0.6) is 17.2 Å². The van der Waals surface area contributed by atoms with Crippen LogP contribution in [0.15, 0.2) is 36.4 Å². The number of methoxy groups -OCH3 is 3. The quantitative estimate of drug-likeness (QED) is 0.701. The first-order chi connectivity index (χ1) is 12.6. The Morgan fingerprint density at radius 1 is 0.962 bits per heavy atom. The van der Waals surface area contributed by atoms with Gasteiger partial charge < -0.3 is 24.8 Å². The van der Waals surface area contributed by atoms with E-state index in [1.807, 2.05) is 24.3 Å². The zero-order valence-electron chi connectivity index (χ0n) is 15.1. The zero-order valence-corrected chi connectivity index (χ0v) is 15.9. The summed E-state index contributed by atoms with van der Waals surface area (Å²) >= 11 is 6.06. The fourth-order valence-corrected chi connectivity index (χ4v) is 2.66. The average molecular weight is 379 g/mol. The summed E-state index contributed by atoms with van der Waals surface area (Å²) in [7, 11) is 4.75. The third kappa shape index (κ3) is 5.46. The predicted molar refractivity (Wildman–Crippen MR) is 103 cm³/mol. The summed E-state index contributed by atoms with van der Waals surface area (Å²) in [6.07, 6.45) is 0.695. The van der Waals surface area contributed by atoms with Crippen LogP contribution in [0.3, 0.4) is 0 Å². The van der Waals surface area contributed by atoms with Crippen LogP contribution in [0.2, 0.25) is 5.02 Å². The summed E-state index contributed by atoms with van der Waals surface area (Å²) in [6.45, 7) is 0.688. The predicted octanol–water partition coefficient (Wildman–Crippen LogP) is 3.14. The van der Waals surface area contributed by atoms with Crippen molar-refractivity contribution in [2.75, 3.05) is 39.7 Å². The van der Waals surface area contributed by atoms with Crippen LogP contribution in [0.4, 0.5) is 5.69 Å². The SMILES string of the molecule is COc1ccc(NCC(=O)NCCc2ccc(OC)c(OC)c2)cc1Cl. The van der Waals surface area contributed by atoms with E-state index in [0.717, 1.165) is 11.3 Å². The van der Waals surface area contributed by atoms with Crippen LogP contribution in [0.1, 0.15) is 5.56 Å². The van der Waals surface area contributed by atoms with Gasteiger partial charge in [-0.3, -0.25) is 4.79 Å². The molecule has 0 atom stereocenters. The van der Waals surface area contributed by atoms with Crippen molar-refractivity contribution < 1.29 is 19.0 Å². The van der Waals surface area contributed by atoms with Crippen LogP contribution in [-0.4, -0.2) is 40.3 Å². The van der Waals surface area contributed by atoms with Gasteiger partial charge in [0.25, 0.3) is 0 Å². The normalized spacial score (nSPS) is 10.2. The van der Waals surface area contributed by atoms with Crippen LogP contribution < -0.4 is 24.8 Å². The molecule has 0 unspecified atom stereocenters. The van der Waals surface area contributed by atoms with Gasteiger partial charge in [-0.15, -0.1) is 0 Å². The molecule has 26 heavy (non-hydrogen) atoms. The van der Waals surface area contributed by atoms with Crippen molar-refractivity contribution in [3.05, 3.63) is 47.0 Å². The van der Waals surface area contributed by atoms with Gasteiger partial charge in [0.1, 0.15) is 5.75 Å². The minimum atomic E-state index is -0.0996. The van der Waals surface area contributed by atoms with E-state index in [1.54, 1.807) is 33.5 Å². The van der Waals surface area contributed by atoms with E-state index in [9.17, 15) is 4.79 Å². The van der Waals surface area contributed by atoms with Crippen LogP contribution in [-0.2, 0) is 11.2 Å². The summed E-state index contributed by atoms with van der Waals surface area (Å²) in [4.78, 5) is 12.0. The van der Waals surface area contributed by atoms with E-state index >= 15 is 0 Å². The molecule has 0 spiro atoms. The van der Waals surface area contributed by atoms with Crippen molar-refractivity contribution in [2.24, 2.45) is 0 Å². The van der Waals surface area contributed by atoms with Gasteiger partial charge in [0, 0.05) is 12.2 Å². The van der Waals surface area contributed by atoms with E-state index in [1.165, 1.54) is 0 Å². The van der Waals surface area contributed by atoms with Gasteiger partial charge in [-0.1, -0.05) is 17.7 Å². The first-order valence-electron chi connectivity index (χ1n) is 8.12. The molecule has 2 aromatic carbocycles. The molecule has 2 aromatic rings. The first-order valence-corrected chi connectivity index (χ1v) is 8.50. The first kappa shape index (κ1) is 19.7. The lowest BCUT2D eigenvalue weighted by Gasteiger charge is -2.11. The highest BCUT2D eigenvalue weighted by molar-refractivity contribution is 6.32. The summed E-state index contributed by atoms with van der Waals surface area (Å²) in [5.41, 5.74) is 1.81. The maximum atomic E-state index is 12.0. The Balaban J connectivity index is 1.78. The summed E-state index contributed by atoms with van der Waals surface area (Å²) in [5, 5.41) is 6.40. The van der Waals surface area contributed by atoms with Gasteiger partial charge >= 0.3 is 0 Å². The van der Waals surface area contributed by atoms with Gasteiger partial charge in [0.2, 0.25) is 5.91 Å². The molecular formula is C19H23ClN2O4. The van der Waals surface area contributed by atoms with E-state index in [-0.39, 0.29) is 12.5 Å². The van der Waals surface area contributed by atoms with Gasteiger partial charge in [0.05, 0.1) is 32.9 Å². The summed E-state index contributed by atoms with van der Waals surface area (Å²) < 4.78 is 15.6. The number of anilines is 1. The lowest BCUT2D eigenvalue weighted by molar-refractivity contribution is -0.119. The molecule has 0 aliphatic heterocycles. The molecular weight excluding hydrogens is 356 g/mol. The molecule has 0 saturated carbocycles. The Kier molecular flexibility index (Phi) is 7.41. The Morgan fingerprint density at radius 2 is 1.65 bits per heavy atom. The smallest absolute Gasteiger partial charge is 0.239 e. The number of ether oxygens (including phenoxy) is 3. The molecule has 0 aromatic heterocycles. The van der Waals surface area contributed by atoms with Gasteiger partial charge in [-0.25, -0.2) is 0 Å². The van der Waals surface area contributed by atoms with Crippen molar-refractivity contribution in [3.8, 4) is 17.2 Å². The summed E-state index contributed by atoms with van der Waals surface area (Å²) in [5.74, 6) is 1.85. The Bertz CT molecular complexity index is 752. The minimum Gasteiger partial charge on any atom is -0.495 e. The Hall–Kier alpha value is -2.60. The Labute approximate surface area is 158 Å². The molecule has 140 valence electrons. The van der Waals surface area contributed by atoms with Crippen LogP contribution in [0, 0.1) is 0 Å². The van der Waals surface area contributed by atoms with Crippen molar-refractivity contribution in [1.29, 1.82) is 0 Å². The topological polar surface area (TPSA) is 68.8 Å². The molecule has 1 amide bonds. The number of halogens is 1. The molecule has 0 aliphatic carbocycles. The highest BCUT2D eigenvalue weighted by Gasteiger charge is 2.06. The fourth-order valence-electron chi connectivity index (χ4n) is 2.40. The number of carbonyl (C=O) groups excluding carboxylic acids is 1.